The minimum absolute atomic E-state index is 0.0548. The Labute approximate surface area is 232 Å². The fourth-order valence-corrected chi connectivity index (χ4v) is 9.57. The summed E-state index contributed by atoms with van der Waals surface area (Å²) in [4.78, 5) is 32.4. The van der Waals surface area contributed by atoms with Crippen LogP contribution in [0.5, 0.6) is 0 Å². The SMILES string of the molecule is CC12C=CC(=O)C=C1C(F)CC1C3(C)CC4CN(CC5=CCC(C#N)C=C5)OC4(C(=O)CO)C3(C)CC(O)C12F. The normalized spacial score (nSPS) is 49.4. The van der Waals surface area contributed by atoms with Crippen LogP contribution in [-0.2, 0) is 14.4 Å². The van der Waals surface area contributed by atoms with E-state index in [0.717, 1.165) is 5.57 Å². The van der Waals surface area contributed by atoms with E-state index in [1.165, 1.54) is 18.2 Å². The number of carbonyl (C=O) groups excluding carboxylic acids is 2. The first-order chi connectivity index (χ1) is 18.8. The molecule has 0 radical (unpaired) electrons. The van der Waals surface area contributed by atoms with Crippen LogP contribution in [0.3, 0.4) is 0 Å². The van der Waals surface area contributed by atoms with Gasteiger partial charge in [-0.2, -0.15) is 10.3 Å². The number of carbonyl (C=O) groups is 2. The number of alkyl halides is 2. The van der Waals surface area contributed by atoms with Crippen LogP contribution in [0.25, 0.3) is 0 Å². The Morgan fingerprint density at radius 2 is 2.02 bits per heavy atom. The number of hydrogen-bond donors (Lipinski definition) is 2. The van der Waals surface area contributed by atoms with Crippen molar-refractivity contribution in [3.63, 3.8) is 0 Å². The Bertz CT molecular complexity index is 1330. The lowest BCUT2D eigenvalue weighted by molar-refractivity contribution is -0.286. The number of nitriles is 1. The van der Waals surface area contributed by atoms with Gasteiger partial charge in [0.15, 0.2) is 22.8 Å². The molecule has 1 heterocycles. The van der Waals surface area contributed by atoms with Gasteiger partial charge in [0.1, 0.15) is 12.8 Å². The molecule has 0 aromatic carbocycles. The maximum Gasteiger partial charge on any atom is 0.192 e. The third kappa shape index (κ3) is 3.17. The summed E-state index contributed by atoms with van der Waals surface area (Å²) >= 11 is 0. The number of aliphatic hydroxyl groups is 2. The van der Waals surface area contributed by atoms with Gasteiger partial charge in [-0.3, -0.25) is 14.4 Å². The predicted molar refractivity (Wildman–Crippen MR) is 141 cm³/mol. The molecule has 7 nitrogen and oxygen atoms in total. The lowest BCUT2D eigenvalue weighted by Gasteiger charge is -2.67. The summed E-state index contributed by atoms with van der Waals surface area (Å²) in [6.45, 7) is 5.21. The van der Waals surface area contributed by atoms with Crippen molar-refractivity contribution < 1.29 is 33.4 Å². The zero-order valence-electron chi connectivity index (χ0n) is 23.1. The Morgan fingerprint density at radius 3 is 2.67 bits per heavy atom. The quantitative estimate of drug-likeness (QED) is 0.547. The Balaban J connectivity index is 1.40. The molecule has 10 atom stereocenters. The minimum atomic E-state index is -2.27. The molecule has 5 aliphatic carbocycles. The summed E-state index contributed by atoms with van der Waals surface area (Å²) < 4.78 is 33.5. The molecule has 1 aliphatic heterocycles. The Morgan fingerprint density at radius 1 is 1.27 bits per heavy atom. The predicted octanol–water partition coefficient (Wildman–Crippen LogP) is 3.49. The fourth-order valence-electron chi connectivity index (χ4n) is 9.57. The standard InChI is InChI=1S/C31H36F2N2O5/c1-27-9-8-21(37)10-22(27)23(32)11-24-28(2)12-20-16-35(15-19-6-4-18(14-34)5-7-19)40-31(20,26(39)17-36)29(28,3)13-25(38)30(24,27)33/h4,6-10,18,20,23-25,36,38H,5,11-13,15-17H2,1-3H3. The van der Waals surface area contributed by atoms with Crippen LogP contribution in [0.2, 0.25) is 0 Å². The largest absolute Gasteiger partial charge is 0.390 e. The van der Waals surface area contributed by atoms with Crippen molar-refractivity contribution in [1.82, 2.24) is 5.06 Å². The highest BCUT2D eigenvalue weighted by atomic mass is 19.1. The highest BCUT2D eigenvalue weighted by Gasteiger charge is 2.83. The molecule has 0 aromatic rings. The number of halogens is 2. The average Bonchev–Trinajstić information content (AvgIpc) is 3.37. The van der Waals surface area contributed by atoms with Crippen LogP contribution in [0, 0.1) is 45.3 Å². The zero-order chi connectivity index (χ0) is 28.9. The van der Waals surface area contributed by atoms with Gasteiger partial charge in [-0.15, -0.1) is 0 Å². The van der Waals surface area contributed by atoms with Gasteiger partial charge in [0.25, 0.3) is 0 Å². The third-order valence-corrected chi connectivity index (χ3v) is 11.7. The maximum absolute atomic E-state index is 17.7. The van der Waals surface area contributed by atoms with Crippen LogP contribution < -0.4 is 0 Å². The van der Waals surface area contributed by atoms with E-state index in [1.54, 1.807) is 12.0 Å². The van der Waals surface area contributed by atoms with E-state index >= 15 is 8.78 Å². The topological polar surface area (TPSA) is 111 Å². The zero-order valence-corrected chi connectivity index (χ0v) is 23.1. The summed E-state index contributed by atoms with van der Waals surface area (Å²) in [6, 6.07) is 2.22. The first-order valence-electron chi connectivity index (χ1n) is 14.1. The number of hydroxylamine groups is 2. The van der Waals surface area contributed by atoms with E-state index in [2.05, 4.69) is 6.07 Å². The van der Waals surface area contributed by atoms with Crippen molar-refractivity contribution in [2.24, 2.45) is 34.0 Å². The maximum atomic E-state index is 17.7. The van der Waals surface area contributed by atoms with Gasteiger partial charge in [0.05, 0.1) is 18.1 Å². The van der Waals surface area contributed by atoms with E-state index in [0.29, 0.717) is 25.9 Å². The highest BCUT2D eigenvalue weighted by molar-refractivity contribution is 6.01. The van der Waals surface area contributed by atoms with E-state index in [-0.39, 0.29) is 24.3 Å². The molecule has 40 heavy (non-hydrogen) atoms. The van der Waals surface area contributed by atoms with E-state index in [4.69, 9.17) is 10.1 Å². The second kappa shape index (κ2) is 8.75. The van der Waals surface area contributed by atoms with Gasteiger partial charge < -0.3 is 10.2 Å². The second-order valence-corrected chi connectivity index (χ2v) is 13.3. The van der Waals surface area contributed by atoms with Crippen LogP contribution in [-0.4, -0.2) is 70.1 Å². The molecule has 6 rings (SSSR count). The fraction of sp³-hybridized carbons (Fsp3) is 0.645. The number of rotatable bonds is 4. The summed E-state index contributed by atoms with van der Waals surface area (Å²) in [7, 11) is 0. The Kier molecular flexibility index (Phi) is 6.05. The van der Waals surface area contributed by atoms with Crippen molar-refractivity contribution >= 4 is 11.6 Å². The van der Waals surface area contributed by atoms with Crippen LogP contribution in [0.15, 0.2) is 47.6 Å². The molecule has 0 amide bonds. The van der Waals surface area contributed by atoms with E-state index < -0.39 is 69.8 Å². The van der Waals surface area contributed by atoms with Gasteiger partial charge in [0.2, 0.25) is 0 Å². The molecule has 3 saturated carbocycles. The molecule has 10 unspecified atom stereocenters. The lowest BCUT2D eigenvalue weighted by atomic mass is 9.39. The number of ketones is 2. The smallest absolute Gasteiger partial charge is 0.192 e. The van der Waals surface area contributed by atoms with Gasteiger partial charge in [-0.25, -0.2) is 8.78 Å². The highest BCUT2D eigenvalue weighted by Crippen LogP contribution is 2.77. The van der Waals surface area contributed by atoms with Crippen LogP contribution >= 0.6 is 0 Å². The molecule has 9 heteroatoms. The molecule has 214 valence electrons. The lowest BCUT2D eigenvalue weighted by Crippen LogP contribution is -2.73. The van der Waals surface area contributed by atoms with Crippen molar-refractivity contribution in [2.45, 2.75) is 70.0 Å². The molecule has 0 aromatic heterocycles. The number of allylic oxidation sites excluding steroid dienone is 6. The molecule has 4 fully saturated rings. The van der Waals surface area contributed by atoms with Gasteiger partial charge >= 0.3 is 0 Å². The van der Waals surface area contributed by atoms with E-state index in [1.807, 2.05) is 32.1 Å². The first-order valence-corrected chi connectivity index (χ1v) is 14.1. The molecule has 6 aliphatic rings. The van der Waals surface area contributed by atoms with Crippen molar-refractivity contribution in [3.8, 4) is 6.07 Å². The monoisotopic (exact) mass is 554 g/mol. The third-order valence-electron chi connectivity index (χ3n) is 11.7. The van der Waals surface area contributed by atoms with Gasteiger partial charge in [-0.05, 0) is 61.3 Å². The van der Waals surface area contributed by atoms with E-state index in [9.17, 15) is 19.8 Å². The Hall–Kier alpha value is -2.51. The summed E-state index contributed by atoms with van der Waals surface area (Å²) in [5.74, 6) is -2.49. The van der Waals surface area contributed by atoms with Crippen molar-refractivity contribution in [1.29, 1.82) is 5.26 Å². The van der Waals surface area contributed by atoms with Gasteiger partial charge in [-0.1, -0.05) is 38.2 Å². The van der Waals surface area contributed by atoms with Gasteiger partial charge in [0, 0.05) is 35.8 Å². The number of Topliss-reactive ketones (excluding diaryl/α,β-unsaturated/α-hetero) is 1. The van der Waals surface area contributed by atoms with Crippen molar-refractivity contribution in [2.75, 3.05) is 19.7 Å². The number of fused-ring (bicyclic) bond motifs is 7. The molecule has 0 bridgehead atoms. The number of aliphatic hydroxyl groups excluding tert-OH is 2. The number of nitrogens with zero attached hydrogens (tertiary/aromatic N) is 2. The summed E-state index contributed by atoms with van der Waals surface area (Å²) in [6.07, 6.45) is 6.94. The first kappa shape index (κ1) is 27.6. The second-order valence-electron chi connectivity index (χ2n) is 13.3. The minimum Gasteiger partial charge on any atom is -0.390 e. The molecular formula is C31H36F2N2O5. The van der Waals surface area contributed by atoms with Crippen LogP contribution in [0.1, 0.15) is 46.5 Å². The van der Waals surface area contributed by atoms with Crippen LogP contribution in [0.4, 0.5) is 8.78 Å². The van der Waals surface area contributed by atoms with Crippen molar-refractivity contribution in [3.05, 3.63) is 47.6 Å². The molecule has 0 spiro atoms. The molecule has 1 saturated heterocycles. The number of hydrogen-bond acceptors (Lipinski definition) is 7. The summed E-state index contributed by atoms with van der Waals surface area (Å²) in [5, 5.41) is 32.7. The molecule has 2 N–H and O–H groups in total. The molecular weight excluding hydrogens is 518 g/mol. The average molecular weight is 555 g/mol. The summed E-state index contributed by atoms with van der Waals surface area (Å²) in [5.41, 5.74) is -6.39.